The Bertz CT molecular complexity index is 1800. The van der Waals surface area contributed by atoms with E-state index in [0.717, 1.165) is 11.4 Å². The number of sulfonamides is 2. The molecule has 232 valence electrons. The number of hydrogen-bond acceptors (Lipinski definition) is 6. The molecule has 0 unspecified atom stereocenters. The fraction of sp³-hybridized carbons (Fsp3) is 0.267. The quantitative estimate of drug-likeness (QED) is 0.228. The third kappa shape index (κ3) is 5.99. The largest absolute Gasteiger partial charge is 0.369 e. The number of fused-ring (bicyclic) bond motifs is 1. The van der Waals surface area contributed by atoms with Gasteiger partial charge in [0.05, 0.1) is 29.9 Å². The number of benzene rings is 4. The molecule has 2 aliphatic heterocycles. The van der Waals surface area contributed by atoms with Gasteiger partial charge in [-0.2, -0.15) is 8.61 Å². The topological polar surface area (TPSA) is 81.2 Å². The average molecular weight is 715 g/mol. The van der Waals surface area contributed by atoms with Crippen molar-refractivity contribution in [2.45, 2.75) is 9.79 Å². The minimum atomic E-state index is -3.92. The van der Waals surface area contributed by atoms with Crippen LogP contribution in [0.2, 0.25) is 20.1 Å². The van der Waals surface area contributed by atoms with Crippen molar-refractivity contribution in [3.8, 4) is 0 Å². The summed E-state index contributed by atoms with van der Waals surface area (Å²) in [6.45, 7) is 2.93. The molecule has 44 heavy (non-hydrogen) atoms. The fourth-order valence-corrected chi connectivity index (χ4v) is 9.56. The van der Waals surface area contributed by atoms with Crippen LogP contribution in [-0.4, -0.2) is 77.8 Å². The molecular weight excluding hydrogens is 686 g/mol. The van der Waals surface area contributed by atoms with Crippen LogP contribution in [0, 0.1) is 0 Å². The number of nitrogens with zero attached hydrogens (tertiary/aromatic N) is 4. The van der Waals surface area contributed by atoms with Gasteiger partial charge in [0.25, 0.3) is 0 Å². The molecule has 0 atom stereocenters. The maximum Gasteiger partial charge on any atom is 0.243 e. The van der Waals surface area contributed by atoms with Crippen molar-refractivity contribution in [1.29, 1.82) is 0 Å². The molecular formula is C30H28Cl4N4O4S2. The van der Waals surface area contributed by atoms with Gasteiger partial charge in [-0.15, -0.1) is 0 Å². The first kappa shape index (κ1) is 31.7. The molecule has 8 nitrogen and oxygen atoms in total. The summed E-state index contributed by atoms with van der Waals surface area (Å²) in [6.07, 6.45) is 0. The normalized spacial score (nSPS) is 17.4. The minimum Gasteiger partial charge on any atom is -0.369 e. The van der Waals surface area contributed by atoms with Gasteiger partial charge in [0, 0.05) is 74.5 Å². The van der Waals surface area contributed by atoms with E-state index in [1.807, 2.05) is 12.1 Å². The number of hydrogen-bond donors (Lipinski definition) is 0. The molecule has 2 fully saturated rings. The molecule has 0 bridgehead atoms. The van der Waals surface area contributed by atoms with Crippen LogP contribution in [-0.2, 0) is 20.0 Å². The lowest BCUT2D eigenvalue weighted by Gasteiger charge is -2.36. The van der Waals surface area contributed by atoms with E-state index in [2.05, 4.69) is 9.80 Å². The molecule has 0 N–H and O–H groups in total. The highest BCUT2D eigenvalue weighted by molar-refractivity contribution is 7.89. The van der Waals surface area contributed by atoms with E-state index in [1.165, 1.54) is 20.7 Å². The van der Waals surface area contributed by atoms with Gasteiger partial charge < -0.3 is 9.80 Å². The summed E-state index contributed by atoms with van der Waals surface area (Å²) in [4.78, 5) is 4.28. The van der Waals surface area contributed by atoms with Crippen LogP contribution < -0.4 is 9.80 Å². The zero-order chi connectivity index (χ0) is 31.2. The van der Waals surface area contributed by atoms with Crippen molar-refractivity contribution in [3.05, 3.63) is 92.9 Å². The zero-order valence-corrected chi connectivity index (χ0v) is 28.0. The lowest BCUT2D eigenvalue weighted by Crippen LogP contribution is -2.49. The van der Waals surface area contributed by atoms with Crippen LogP contribution in [0.4, 0.5) is 11.4 Å². The first-order valence-electron chi connectivity index (χ1n) is 13.9. The van der Waals surface area contributed by atoms with Crippen molar-refractivity contribution in [1.82, 2.24) is 8.61 Å². The fourth-order valence-electron chi connectivity index (χ4n) is 5.72. The SMILES string of the molecule is O=S(=O)(c1cccc2c(S(=O)(=O)N3CCN(c4ccc(Cl)c(Cl)c4)CC3)cccc12)N1CCN(c2ccc(Cl)c(Cl)c2)CC1. The standard InChI is InChI=1S/C30H28Cl4N4O4S2/c31-25-9-7-21(19-27(25)33)35-11-15-37(16-12-35)43(39,40)29-5-1-3-23-24(29)4-2-6-30(23)44(41,42)38-17-13-36(14-18-38)22-8-10-26(32)28(34)20-22/h1-10,19-20H,11-18H2. The summed E-state index contributed by atoms with van der Waals surface area (Å²) in [5.74, 6) is 0. The summed E-state index contributed by atoms with van der Waals surface area (Å²) in [5.41, 5.74) is 1.74. The van der Waals surface area contributed by atoms with Gasteiger partial charge in [0.15, 0.2) is 0 Å². The van der Waals surface area contributed by atoms with Gasteiger partial charge in [-0.25, -0.2) is 16.8 Å². The van der Waals surface area contributed by atoms with E-state index >= 15 is 0 Å². The number of piperazine rings is 2. The second-order valence-electron chi connectivity index (χ2n) is 10.6. The number of rotatable bonds is 6. The highest BCUT2D eigenvalue weighted by atomic mass is 35.5. The van der Waals surface area contributed by atoms with Crippen molar-refractivity contribution in [2.24, 2.45) is 0 Å². The maximum absolute atomic E-state index is 13.9. The minimum absolute atomic E-state index is 0.0828. The van der Waals surface area contributed by atoms with E-state index in [1.54, 1.807) is 48.5 Å². The van der Waals surface area contributed by atoms with Crippen molar-refractivity contribution in [3.63, 3.8) is 0 Å². The van der Waals surface area contributed by atoms with Crippen molar-refractivity contribution >= 4 is 88.6 Å². The summed E-state index contributed by atoms with van der Waals surface area (Å²) in [6, 6.07) is 20.3. The van der Waals surface area contributed by atoms with Crippen LogP contribution in [0.5, 0.6) is 0 Å². The number of anilines is 2. The molecule has 6 rings (SSSR count). The van der Waals surface area contributed by atoms with E-state index in [4.69, 9.17) is 46.4 Å². The molecule has 2 heterocycles. The Morgan fingerprint density at radius 2 is 0.818 bits per heavy atom. The molecule has 14 heteroatoms. The molecule has 0 aliphatic carbocycles. The molecule has 0 spiro atoms. The van der Waals surface area contributed by atoms with Crippen LogP contribution >= 0.6 is 46.4 Å². The van der Waals surface area contributed by atoms with E-state index in [-0.39, 0.29) is 36.0 Å². The van der Waals surface area contributed by atoms with E-state index in [0.29, 0.717) is 57.0 Å². The second-order valence-corrected chi connectivity index (χ2v) is 16.0. The van der Waals surface area contributed by atoms with Crippen LogP contribution in [0.15, 0.2) is 82.6 Å². The third-order valence-corrected chi connectivity index (χ3v) is 13.5. The Labute approximate surface area is 277 Å². The predicted molar refractivity (Wildman–Crippen MR) is 179 cm³/mol. The van der Waals surface area contributed by atoms with Gasteiger partial charge in [-0.3, -0.25) is 0 Å². The lowest BCUT2D eigenvalue weighted by atomic mass is 10.1. The Hall–Kier alpha value is -2.28. The molecule has 0 saturated carbocycles. The van der Waals surface area contributed by atoms with Gasteiger partial charge in [-0.1, -0.05) is 70.7 Å². The molecule has 0 radical (unpaired) electrons. The third-order valence-electron chi connectivity index (χ3n) is 8.09. The first-order valence-corrected chi connectivity index (χ1v) is 18.3. The Balaban J connectivity index is 1.22. The first-order chi connectivity index (χ1) is 21.0. The molecule has 0 aromatic heterocycles. The molecule has 4 aromatic carbocycles. The predicted octanol–water partition coefficient (Wildman–Crippen LogP) is 6.48. The highest BCUT2D eigenvalue weighted by Crippen LogP contribution is 2.34. The van der Waals surface area contributed by atoms with Crippen molar-refractivity contribution < 1.29 is 16.8 Å². The molecule has 2 saturated heterocycles. The van der Waals surface area contributed by atoms with Gasteiger partial charge in [0.2, 0.25) is 20.0 Å². The Kier molecular flexibility index (Phi) is 9.00. The Morgan fingerprint density at radius 1 is 0.455 bits per heavy atom. The van der Waals surface area contributed by atoms with Gasteiger partial charge in [0.1, 0.15) is 0 Å². The maximum atomic E-state index is 13.9. The molecule has 0 amide bonds. The van der Waals surface area contributed by atoms with E-state index < -0.39 is 20.0 Å². The second kappa shape index (κ2) is 12.5. The summed E-state index contributed by atoms with van der Waals surface area (Å²) in [7, 11) is -7.83. The smallest absolute Gasteiger partial charge is 0.243 e. The summed E-state index contributed by atoms with van der Waals surface area (Å²) < 4.78 is 58.5. The molecule has 2 aliphatic rings. The summed E-state index contributed by atoms with van der Waals surface area (Å²) in [5, 5.41) is 2.53. The van der Waals surface area contributed by atoms with Gasteiger partial charge >= 0.3 is 0 Å². The average Bonchev–Trinajstić information content (AvgIpc) is 3.03. The number of halogens is 4. The van der Waals surface area contributed by atoms with Crippen molar-refractivity contribution in [2.75, 3.05) is 62.2 Å². The van der Waals surface area contributed by atoms with Crippen LogP contribution in [0.25, 0.3) is 10.8 Å². The summed E-state index contributed by atoms with van der Waals surface area (Å²) >= 11 is 24.5. The molecule has 4 aromatic rings. The zero-order valence-electron chi connectivity index (χ0n) is 23.3. The monoisotopic (exact) mass is 712 g/mol. The lowest BCUT2D eigenvalue weighted by molar-refractivity contribution is 0.384. The highest BCUT2D eigenvalue weighted by Gasteiger charge is 2.33. The van der Waals surface area contributed by atoms with E-state index in [9.17, 15) is 16.8 Å². The van der Waals surface area contributed by atoms with Crippen LogP contribution in [0.3, 0.4) is 0 Å². The van der Waals surface area contributed by atoms with Gasteiger partial charge in [-0.05, 0) is 48.5 Å². The van der Waals surface area contributed by atoms with Crippen LogP contribution in [0.1, 0.15) is 0 Å². The Morgan fingerprint density at radius 3 is 1.16 bits per heavy atom.